The van der Waals surface area contributed by atoms with Crippen LogP contribution < -0.4 is 10.2 Å². The largest absolute Gasteiger partial charge is 0.363 e. The minimum absolute atomic E-state index is 0.596. The molecule has 0 radical (unpaired) electrons. The summed E-state index contributed by atoms with van der Waals surface area (Å²) in [6.07, 6.45) is 3.49. The number of H-pyrrole nitrogens is 1. The first-order valence-corrected chi connectivity index (χ1v) is 9.52. The highest BCUT2D eigenvalue weighted by molar-refractivity contribution is 7.99. The van der Waals surface area contributed by atoms with E-state index in [1.54, 1.807) is 6.33 Å². The Hall–Kier alpha value is -2.54. The Morgan fingerprint density at radius 3 is 2.76 bits per heavy atom. The molecule has 2 aromatic heterocycles. The quantitative estimate of drug-likeness (QED) is 0.736. The van der Waals surface area contributed by atoms with Crippen LogP contribution in [0.1, 0.15) is 5.82 Å². The molecule has 0 amide bonds. The summed E-state index contributed by atoms with van der Waals surface area (Å²) >= 11 is 1.99. The normalized spacial score (nSPS) is 14.5. The molecule has 128 valence electrons. The smallest absolute Gasteiger partial charge is 0.134 e. The first kappa shape index (κ1) is 16.0. The minimum Gasteiger partial charge on any atom is -0.363 e. The first-order chi connectivity index (χ1) is 12.4. The van der Waals surface area contributed by atoms with Crippen LogP contribution in [-0.2, 0) is 6.54 Å². The zero-order valence-electron chi connectivity index (χ0n) is 13.9. The number of imidazole rings is 1. The maximum absolute atomic E-state index is 4.45. The molecule has 3 aromatic rings. The Kier molecular flexibility index (Phi) is 4.83. The predicted octanol–water partition coefficient (Wildman–Crippen LogP) is 3.03. The van der Waals surface area contributed by atoms with Crippen LogP contribution >= 0.6 is 11.8 Å². The maximum atomic E-state index is 4.45. The number of aromatic nitrogens is 4. The van der Waals surface area contributed by atoms with Gasteiger partial charge < -0.3 is 15.2 Å². The van der Waals surface area contributed by atoms with Crippen LogP contribution in [0.4, 0.5) is 11.6 Å². The summed E-state index contributed by atoms with van der Waals surface area (Å²) in [6, 6.07) is 12.2. The number of aromatic amines is 1. The Morgan fingerprint density at radius 2 is 1.92 bits per heavy atom. The third-order valence-corrected chi connectivity index (χ3v) is 5.08. The van der Waals surface area contributed by atoms with Gasteiger partial charge in [0.2, 0.25) is 0 Å². The zero-order chi connectivity index (χ0) is 16.9. The van der Waals surface area contributed by atoms with Gasteiger partial charge in [0.25, 0.3) is 0 Å². The van der Waals surface area contributed by atoms with Crippen molar-refractivity contribution in [2.24, 2.45) is 0 Å². The van der Waals surface area contributed by atoms with Gasteiger partial charge in [-0.1, -0.05) is 30.3 Å². The molecule has 0 bridgehead atoms. The van der Waals surface area contributed by atoms with E-state index in [0.717, 1.165) is 53.3 Å². The van der Waals surface area contributed by atoms with Crippen molar-refractivity contribution in [2.75, 3.05) is 34.8 Å². The molecular formula is C18H20N6S. The second-order valence-electron chi connectivity index (χ2n) is 5.82. The summed E-state index contributed by atoms with van der Waals surface area (Å²) in [4.78, 5) is 18.8. The van der Waals surface area contributed by atoms with Crippen molar-refractivity contribution >= 4 is 23.4 Å². The van der Waals surface area contributed by atoms with Gasteiger partial charge in [0.15, 0.2) is 0 Å². The summed E-state index contributed by atoms with van der Waals surface area (Å²) in [7, 11) is 0. The predicted molar refractivity (Wildman–Crippen MR) is 103 cm³/mol. The summed E-state index contributed by atoms with van der Waals surface area (Å²) < 4.78 is 0. The summed E-state index contributed by atoms with van der Waals surface area (Å²) in [5, 5.41) is 3.33. The van der Waals surface area contributed by atoms with Gasteiger partial charge in [0.05, 0.1) is 18.4 Å². The molecule has 1 fully saturated rings. The van der Waals surface area contributed by atoms with E-state index in [0.29, 0.717) is 6.54 Å². The van der Waals surface area contributed by atoms with E-state index >= 15 is 0 Å². The Morgan fingerprint density at radius 1 is 1.08 bits per heavy atom. The molecule has 6 nitrogen and oxygen atoms in total. The van der Waals surface area contributed by atoms with Crippen LogP contribution in [0.15, 0.2) is 48.9 Å². The monoisotopic (exact) mass is 352 g/mol. The van der Waals surface area contributed by atoms with E-state index in [9.17, 15) is 0 Å². The molecule has 1 saturated heterocycles. The Balaban J connectivity index is 1.41. The molecule has 1 aromatic carbocycles. The minimum atomic E-state index is 0.596. The molecule has 3 heterocycles. The van der Waals surface area contributed by atoms with E-state index < -0.39 is 0 Å². The van der Waals surface area contributed by atoms with Crippen molar-refractivity contribution in [3.05, 3.63) is 54.7 Å². The summed E-state index contributed by atoms with van der Waals surface area (Å²) in [6.45, 7) is 2.68. The number of benzene rings is 1. The van der Waals surface area contributed by atoms with Gasteiger partial charge in [-0.3, -0.25) is 0 Å². The maximum Gasteiger partial charge on any atom is 0.134 e. The fraction of sp³-hybridized carbons (Fsp3) is 0.278. The molecule has 1 aliphatic rings. The molecule has 2 N–H and O–H groups in total. The molecule has 0 spiro atoms. The van der Waals surface area contributed by atoms with Crippen LogP contribution in [-0.4, -0.2) is 44.5 Å². The van der Waals surface area contributed by atoms with Gasteiger partial charge >= 0.3 is 0 Å². The Labute approximate surface area is 151 Å². The highest BCUT2D eigenvalue weighted by Crippen LogP contribution is 2.20. The van der Waals surface area contributed by atoms with Crippen molar-refractivity contribution < 1.29 is 0 Å². The number of rotatable bonds is 5. The molecule has 0 unspecified atom stereocenters. The van der Waals surface area contributed by atoms with E-state index in [2.05, 4.69) is 42.3 Å². The second kappa shape index (κ2) is 7.57. The number of nitrogens with zero attached hydrogens (tertiary/aromatic N) is 4. The number of anilines is 2. The van der Waals surface area contributed by atoms with Crippen molar-refractivity contribution in [1.82, 2.24) is 19.9 Å². The fourth-order valence-corrected chi connectivity index (χ4v) is 3.70. The van der Waals surface area contributed by atoms with Gasteiger partial charge in [0, 0.05) is 30.7 Å². The molecule has 25 heavy (non-hydrogen) atoms. The van der Waals surface area contributed by atoms with E-state index in [1.165, 1.54) is 0 Å². The molecular weight excluding hydrogens is 332 g/mol. The van der Waals surface area contributed by atoms with Crippen molar-refractivity contribution in [3.63, 3.8) is 0 Å². The van der Waals surface area contributed by atoms with Gasteiger partial charge in [-0.05, 0) is 5.56 Å². The van der Waals surface area contributed by atoms with Crippen LogP contribution in [0.2, 0.25) is 0 Å². The lowest BCUT2D eigenvalue weighted by Crippen LogP contribution is -2.33. The number of thioether (sulfide) groups is 1. The third-order valence-electron chi connectivity index (χ3n) is 4.14. The molecule has 0 saturated carbocycles. The van der Waals surface area contributed by atoms with Gasteiger partial charge in [-0.25, -0.2) is 15.0 Å². The highest BCUT2D eigenvalue weighted by Gasteiger charge is 2.13. The van der Waals surface area contributed by atoms with Crippen LogP contribution in [0.5, 0.6) is 0 Å². The van der Waals surface area contributed by atoms with Crippen molar-refractivity contribution in [1.29, 1.82) is 0 Å². The third kappa shape index (κ3) is 3.93. The van der Waals surface area contributed by atoms with Gasteiger partial charge in [0.1, 0.15) is 23.8 Å². The highest BCUT2D eigenvalue weighted by atomic mass is 32.2. The molecule has 7 heteroatoms. The molecule has 1 aliphatic heterocycles. The average Bonchev–Trinajstić information content (AvgIpc) is 3.17. The van der Waals surface area contributed by atoms with E-state index in [1.807, 2.05) is 42.2 Å². The lowest BCUT2D eigenvalue weighted by molar-refractivity contribution is 0.834. The van der Waals surface area contributed by atoms with Gasteiger partial charge in [-0.15, -0.1) is 0 Å². The SMILES string of the molecule is c1ccc(-c2cnc(CNc3cc(N4CCSCC4)ncn3)[nH]2)cc1. The van der Waals surface area contributed by atoms with E-state index in [4.69, 9.17) is 0 Å². The number of hydrogen-bond acceptors (Lipinski definition) is 6. The fourth-order valence-electron chi connectivity index (χ4n) is 2.80. The van der Waals surface area contributed by atoms with Crippen LogP contribution in [0.25, 0.3) is 11.3 Å². The van der Waals surface area contributed by atoms with Gasteiger partial charge in [-0.2, -0.15) is 11.8 Å². The standard InChI is InChI=1S/C18H20N6S/c1-2-4-14(5-3-1)15-11-19-17(23-15)12-20-16-10-18(22-13-21-16)24-6-8-25-9-7-24/h1-5,10-11,13H,6-9,12H2,(H,19,23)(H,20,21,22). The number of hydrogen-bond donors (Lipinski definition) is 2. The number of nitrogens with one attached hydrogen (secondary N) is 2. The molecule has 0 atom stereocenters. The summed E-state index contributed by atoms with van der Waals surface area (Å²) in [5.74, 6) is 5.00. The van der Waals surface area contributed by atoms with Crippen molar-refractivity contribution in [2.45, 2.75) is 6.54 Å². The average molecular weight is 352 g/mol. The van der Waals surface area contributed by atoms with Crippen LogP contribution in [0.3, 0.4) is 0 Å². The lowest BCUT2D eigenvalue weighted by Gasteiger charge is -2.27. The second-order valence-corrected chi connectivity index (χ2v) is 7.05. The zero-order valence-corrected chi connectivity index (χ0v) is 14.7. The summed E-state index contributed by atoms with van der Waals surface area (Å²) in [5.41, 5.74) is 2.15. The molecule has 0 aliphatic carbocycles. The van der Waals surface area contributed by atoms with Crippen LogP contribution in [0, 0.1) is 0 Å². The molecule has 4 rings (SSSR count). The topological polar surface area (TPSA) is 69.7 Å². The van der Waals surface area contributed by atoms with Crippen molar-refractivity contribution in [3.8, 4) is 11.3 Å². The first-order valence-electron chi connectivity index (χ1n) is 8.36. The lowest BCUT2D eigenvalue weighted by atomic mass is 10.2. The van der Waals surface area contributed by atoms with E-state index in [-0.39, 0.29) is 0 Å². The Bertz CT molecular complexity index is 813.